The number of carbonyl (C=O) groups is 1. The maximum absolute atomic E-state index is 11.8. The first-order valence-corrected chi connectivity index (χ1v) is 10.1. The monoisotopic (exact) mass is 427 g/mol. The molecule has 0 amide bonds. The Morgan fingerprint density at radius 1 is 0.968 bits per heavy atom. The van der Waals surface area contributed by atoms with Crippen molar-refractivity contribution in [3.05, 3.63) is 68.3 Å². The van der Waals surface area contributed by atoms with Crippen molar-refractivity contribution in [3.63, 3.8) is 0 Å². The topological polar surface area (TPSA) is 125 Å². The fourth-order valence-corrected chi connectivity index (χ4v) is 3.01. The first-order chi connectivity index (χ1) is 14.8. The maximum Gasteiger partial charge on any atom is 0.335 e. The van der Waals surface area contributed by atoms with Crippen LogP contribution in [-0.2, 0) is 9.63 Å². The van der Waals surface area contributed by atoms with Crippen LogP contribution >= 0.6 is 0 Å². The summed E-state index contributed by atoms with van der Waals surface area (Å²) >= 11 is 0. The smallest absolute Gasteiger partial charge is 0.318 e. The van der Waals surface area contributed by atoms with Crippen molar-refractivity contribution >= 4 is 23.1 Å². The van der Waals surface area contributed by atoms with Crippen LogP contribution in [0.15, 0.2) is 47.6 Å². The second kappa shape index (κ2) is 11.5. The Hall–Kier alpha value is -3.62. The average Bonchev–Trinajstić information content (AvgIpc) is 2.77. The van der Waals surface area contributed by atoms with E-state index in [4.69, 9.17) is 4.84 Å². The van der Waals surface area contributed by atoms with E-state index >= 15 is 0 Å². The van der Waals surface area contributed by atoms with Crippen LogP contribution in [0.1, 0.15) is 57.9 Å². The highest BCUT2D eigenvalue weighted by molar-refractivity contribution is 5.99. The summed E-state index contributed by atoms with van der Waals surface area (Å²) in [5, 5.41) is 26.1. The van der Waals surface area contributed by atoms with E-state index in [-0.39, 0.29) is 22.9 Å². The Kier molecular flexibility index (Phi) is 8.80. The largest absolute Gasteiger partial charge is 0.335 e. The highest BCUT2D eigenvalue weighted by atomic mass is 16.7. The zero-order valence-electron chi connectivity index (χ0n) is 17.6. The molecular formula is C22H25N3O6. The van der Waals surface area contributed by atoms with Gasteiger partial charge in [0.05, 0.1) is 27.2 Å². The number of rotatable bonds is 11. The van der Waals surface area contributed by atoms with Crippen molar-refractivity contribution in [2.45, 2.75) is 52.4 Å². The van der Waals surface area contributed by atoms with Crippen molar-refractivity contribution < 1.29 is 19.5 Å². The van der Waals surface area contributed by atoms with Gasteiger partial charge in [0.1, 0.15) is 0 Å². The maximum atomic E-state index is 11.8. The number of nitro benzene ring substituents is 2. The van der Waals surface area contributed by atoms with E-state index in [2.05, 4.69) is 12.1 Å². The number of unbranched alkanes of at least 4 members (excludes halogenated alkanes) is 4. The molecule has 0 radical (unpaired) electrons. The summed E-state index contributed by atoms with van der Waals surface area (Å²) in [5.41, 5.74) is 1.28. The molecule has 0 N–H and O–H groups in total. The van der Waals surface area contributed by atoms with Crippen LogP contribution in [0.3, 0.4) is 0 Å². The van der Waals surface area contributed by atoms with Gasteiger partial charge in [-0.25, -0.2) is 4.79 Å². The lowest BCUT2D eigenvalue weighted by molar-refractivity contribution is -0.393. The zero-order valence-corrected chi connectivity index (χ0v) is 17.6. The second-order valence-electron chi connectivity index (χ2n) is 7.10. The fourth-order valence-electron chi connectivity index (χ4n) is 3.01. The number of nitrogens with zero attached hydrogens (tertiary/aromatic N) is 3. The Balaban J connectivity index is 2.06. The molecule has 2 rings (SSSR count). The SMILES string of the molecule is CCCCCCCC(=O)O/N=C(\C)c1ccc(-c2ccc([N+](=O)[O-])cc2[N+](=O)[O-])cc1. The third-order valence-electron chi connectivity index (χ3n) is 4.77. The third-order valence-corrected chi connectivity index (χ3v) is 4.77. The fraction of sp³-hybridized carbons (Fsp3) is 0.364. The number of non-ortho nitro benzene ring substituents is 1. The highest BCUT2D eigenvalue weighted by Gasteiger charge is 2.20. The first-order valence-electron chi connectivity index (χ1n) is 10.1. The van der Waals surface area contributed by atoms with Gasteiger partial charge in [-0.2, -0.15) is 0 Å². The molecule has 0 bridgehead atoms. The Morgan fingerprint density at radius 2 is 1.65 bits per heavy atom. The van der Waals surface area contributed by atoms with Crippen molar-refractivity contribution in [2.24, 2.45) is 5.16 Å². The molecule has 0 atom stereocenters. The summed E-state index contributed by atoms with van der Waals surface area (Å²) in [4.78, 5) is 37.6. The molecule has 9 heteroatoms. The minimum atomic E-state index is -0.674. The van der Waals surface area contributed by atoms with Crippen molar-refractivity contribution in [3.8, 4) is 11.1 Å². The average molecular weight is 427 g/mol. The molecule has 164 valence electrons. The van der Waals surface area contributed by atoms with E-state index in [9.17, 15) is 25.0 Å². The summed E-state index contributed by atoms with van der Waals surface area (Å²) in [6.45, 7) is 3.82. The number of oxime groups is 1. The predicted octanol–water partition coefficient (Wildman–Crippen LogP) is 5.80. The lowest BCUT2D eigenvalue weighted by Crippen LogP contribution is -2.03. The molecule has 0 unspecified atom stereocenters. The summed E-state index contributed by atoms with van der Waals surface area (Å²) in [5.74, 6) is -0.381. The zero-order chi connectivity index (χ0) is 22.8. The molecular weight excluding hydrogens is 402 g/mol. The Morgan fingerprint density at radius 3 is 2.26 bits per heavy atom. The van der Waals surface area contributed by atoms with Gasteiger partial charge < -0.3 is 4.84 Å². The van der Waals surface area contributed by atoms with Crippen LogP contribution in [0.25, 0.3) is 11.1 Å². The normalized spacial score (nSPS) is 11.2. The minimum Gasteiger partial charge on any atom is -0.318 e. The van der Waals surface area contributed by atoms with E-state index in [1.807, 2.05) is 0 Å². The van der Waals surface area contributed by atoms with Gasteiger partial charge in [-0.05, 0) is 30.5 Å². The standard InChI is InChI=1S/C22H25N3O6/c1-3-4-5-6-7-8-22(26)31-23-16(2)17-9-11-18(12-10-17)20-14-13-19(24(27)28)15-21(20)25(29)30/h9-15H,3-8H2,1-2H3/b23-16+. The number of hydrogen-bond donors (Lipinski definition) is 0. The van der Waals surface area contributed by atoms with Crippen LogP contribution in [0.2, 0.25) is 0 Å². The quantitative estimate of drug-likeness (QED) is 0.147. The van der Waals surface area contributed by atoms with Crippen LogP contribution < -0.4 is 0 Å². The minimum absolute atomic E-state index is 0.270. The van der Waals surface area contributed by atoms with Crippen LogP contribution in [0.4, 0.5) is 11.4 Å². The molecule has 9 nitrogen and oxygen atoms in total. The molecule has 0 aliphatic carbocycles. The van der Waals surface area contributed by atoms with Gasteiger partial charge in [0.25, 0.3) is 11.4 Å². The Bertz CT molecular complexity index is 970. The summed E-state index contributed by atoms with van der Waals surface area (Å²) < 4.78 is 0. The third kappa shape index (κ3) is 6.98. The van der Waals surface area contributed by atoms with Gasteiger partial charge in [0.15, 0.2) is 0 Å². The van der Waals surface area contributed by atoms with Crippen molar-refractivity contribution in [2.75, 3.05) is 0 Å². The molecule has 0 heterocycles. The summed E-state index contributed by atoms with van der Waals surface area (Å²) in [7, 11) is 0. The molecule has 0 aliphatic heterocycles. The van der Waals surface area contributed by atoms with Gasteiger partial charge in [-0.15, -0.1) is 0 Å². The molecule has 0 spiro atoms. The van der Waals surface area contributed by atoms with Crippen molar-refractivity contribution in [1.82, 2.24) is 0 Å². The highest BCUT2D eigenvalue weighted by Crippen LogP contribution is 2.33. The second-order valence-corrected chi connectivity index (χ2v) is 7.10. The molecule has 31 heavy (non-hydrogen) atoms. The van der Waals surface area contributed by atoms with Crippen LogP contribution in [-0.4, -0.2) is 21.5 Å². The number of benzene rings is 2. The molecule has 0 saturated carbocycles. The molecule has 0 aliphatic rings. The van der Waals surface area contributed by atoms with Gasteiger partial charge in [0.2, 0.25) is 0 Å². The predicted molar refractivity (Wildman–Crippen MR) is 117 cm³/mol. The Labute approximate surface area is 180 Å². The van der Waals surface area contributed by atoms with Gasteiger partial charge in [-0.1, -0.05) is 62.0 Å². The molecule has 0 saturated heterocycles. The molecule has 2 aromatic rings. The number of carbonyl (C=O) groups excluding carboxylic acids is 1. The van der Waals surface area contributed by atoms with Gasteiger partial charge >= 0.3 is 5.97 Å². The molecule has 2 aromatic carbocycles. The molecule has 0 fully saturated rings. The van der Waals surface area contributed by atoms with E-state index in [1.165, 1.54) is 12.1 Å². The van der Waals surface area contributed by atoms with Crippen LogP contribution in [0, 0.1) is 20.2 Å². The van der Waals surface area contributed by atoms with E-state index in [0.29, 0.717) is 23.3 Å². The first kappa shape index (κ1) is 23.7. The number of nitro groups is 2. The number of hydrogen-bond acceptors (Lipinski definition) is 7. The van der Waals surface area contributed by atoms with Crippen molar-refractivity contribution in [1.29, 1.82) is 0 Å². The van der Waals surface area contributed by atoms with E-state index in [1.54, 1.807) is 31.2 Å². The summed E-state index contributed by atoms with van der Waals surface area (Å²) in [6.07, 6.45) is 5.49. The van der Waals surface area contributed by atoms with E-state index in [0.717, 1.165) is 38.2 Å². The summed E-state index contributed by atoms with van der Waals surface area (Å²) in [6, 6.07) is 10.2. The van der Waals surface area contributed by atoms with Gasteiger partial charge in [0, 0.05) is 12.5 Å². The van der Waals surface area contributed by atoms with Gasteiger partial charge in [-0.3, -0.25) is 20.2 Å². The lowest BCUT2D eigenvalue weighted by Gasteiger charge is -2.06. The lowest BCUT2D eigenvalue weighted by atomic mass is 10.0. The molecule has 0 aromatic heterocycles. The van der Waals surface area contributed by atoms with E-state index < -0.39 is 9.85 Å². The van der Waals surface area contributed by atoms with Crippen LogP contribution in [0.5, 0.6) is 0 Å².